The van der Waals surface area contributed by atoms with E-state index in [2.05, 4.69) is 63.8 Å². The second-order valence-electron chi connectivity index (χ2n) is 6.12. The highest BCUT2D eigenvalue weighted by molar-refractivity contribution is 5.87. The third kappa shape index (κ3) is 1.90. The molecule has 0 fully saturated rings. The number of pyridine rings is 1. The molecule has 1 atom stereocenters. The fourth-order valence-electron chi connectivity index (χ4n) is 3.82. The van der Waals surface area contributed by atoms with Gasteiger partial charge in [-0.05, 0) is 35.7 Å². The van der Waals surface area contributed by atoms with Gasteiger partial charge in [-0.15, -0.1) is 0 Å². The average Bonchev–Trinajstić information content (AvgIpc) is 3.00. The van der Waals surface area contributed by atoms with Crippen LogP contribution >= 0.6 is 0 Å². The molecule has 0 saturated carbocycles. The molecule has 3 heteroatoms. The zero-order valence-electron chi connectivity index (χ0n) is 12.7. The lowest BCUT2D eigenvalue weighted by Gasteiger charge is -2.25. The van der Waals surface area contributed by atoms with Gasteiger partial charge in [0.1, 0.15) is 0 Å². The van der Waals surface area contributed by atoms with Crippen molar-refractivity contribution in [3.63, 3.8) is 0 Å². The lowest BCUT2D eigenvalue weighted by atomic mass is 9.92. The van der Waals surface area contributed by atoms with Crippen LogP contribution in [-0.4, -0.2) is 16.5 Å². The third-order valence-electron chi connectivity index (χ3n) is 4.85. The SMILES string of the molecule is c1ccc2c(C3NCCc4c3[nH]c3ccccc43)ccnc2c1. The predicted molar refractivity (Wildman–Crippen MR) is 93.6 cm³/mol. The van der Waals surface area contributed by atoms with E-state index in [-0.39, 0.29) is 6.04 Å². The van der Waals surface area contributed by atoms with E-state index in [4.69, 9.17) is 0 Å². The molecule has 23 heavy (non-hydrogen) atoms. The summed E-state index contributed by atoms with van der Waals surface area (Å²) in [6.07, 6.45) is 2.98. The first kappa shape index (κ1) is 12.9. The summed E-state index contributed by atoms with van der Waals surface area (Å²) in [7, 11) is 0. The minimum atomic E-state index is 0.194. The van der Waals surface area contributed by atoms with Gasteiger partial charge in [-0.2, -0.15) is 0 Å². The van der Waals surface area contributed by atoms with E-state index in [9.17, 15) is 0 Å². The number of fused-ring (bicyclic) bond motifs is 4. The highest BCUT2D eigenvalue weighted by atomic mass is 15.0. The molecule has 2 aromatic heterocycles. The van der Waals surface area contributed by atoms with Gasteiger partial charge in [-0.3, -0.25) is 4.98 Å². The second-order valence-corrected chi connectivity index (χ2v) is 6.12. The molecule has 1 aliphatic heterocycles. The number of aromatic nitrogens is 2. The molecule has 0 amide bonds. The van der Waals surface area contributed by atoms with Gasteiger partial charge in [0, 0.05) is 34.7 Å². The molecule has 0 radical (unpaired) electrons. The molecule has 0 aliphatic carbocycles. The largest absolute Gasteiger partial charge is 0.357 e. The maximum absolute atomic E-state index is 4.50. The molecule has 2 N–H and O–H groups in total. The Bertz CT molecular complexity index is 1010. The number of benzene rings is 2. The van der Waals surface area contributed by atoms with Crippen LogP contribution in [0.3, 0.4) is 0 Å². The summed E-state index contributed by atoms with van der Waals surface area (Å²) in [4.78, 5) is 8.14. The summed E-state index contributed by atoms with van der Waals surface area (Å²) in [5.41, 5.74) is 6.32. The lowest BCUT2D eigenvalue weighted by molar-refractivity contribution is 0.563. The van der Waals surface area contributed by atoms with E-state index < -0.39 is 0 Å². The van der Waals surface area contributed by atoms with Gasteiger partial charge in [0.15, 0.2) is 0 Å². The molecule has 5 rings (SSSR count). The van der Waals surface area contributed by atoms with Crippen molar-refractivity contribution in [2.45, 2.75) is 12.5 Å². The summed E-state index contributed by atoms with van der Waals surface area (Å²) >= 11 is 0. The van der Waals surface area contributed by atoms with Crippen LogP contribution in [0.25, 0.3) is 21.8 Å². The monoisotopic (exact) mass is 299 g/mol. The summed E-state index contributed by atoms with van der Waals surface area (Å²) in [5.74, 6) is 0. The number of H-pyrrole nitrogens is 1. The first-order chi connectivity index (χ1) is 11.4. The fourth-order valence-corrected chi connectivity index (χ4v) is 3.82. The van der Waals surface area contributed by atoms with Crippen molar-refractivity contribution in [2.75, 3.05) is 6.54 Å². The van der Waals surface area contributed by atoms with Gasteiger partial charge < -0.3 is 10.3 Å². The number of nitrogens with zero attached hydrogens (tertiary/aromatic N) is 1. The Morgan fingerprint density at radius 3 is 2.70 bits per heavy atom. The summed E-state index contributed by atoms with van der Waals surface area (Å²) < 4.78 is 0. The molecular formula is C20H17N3. The molecule has 0 saturated heterocycles. The van der Waals surface area contributed by atoms with Crippen LogP contribution in [0.15, 0.2) is 60.8 Å². The molecule has 3 nitrogen and oxygen atoms in total. The molecule has 1 unspecified atom stereocenters. The van der Waals surface area contributed by atoms with Crippen LogP contribution < -0.4 is 5.32 Å². The van der Waals surface area contributed by atoms with Crippen molar-refractivity contribution in [1.82, 2.24) is 15.3 Å². The van der Waals surface area contributed by atoms with Crippen LogP contribution in [0.5, 0.6) is 0 Å². The number of hydrogen-bond donors (Lipinski definition) is 2. The molecule has 0 bridgehead atoms. The van der Waals surface area contributed by atoms with Gasteiger partial charge in [0.2, 0.25) is 0 Å². The fraction of sp³-hybridized carbons (Fsp3) is 0.150. The van der Waals surface area contributed by atoms with E-state index in [1.807, 2.05) is 12.3 Å². The highest BCUT2D eigenvalue weighted by Gasteiger charge is 2.26. The summed E-state index contributed by atoms with van der Waals surface area (Å²) in [6.45, 7) is 0.996. The number of nitrogens with one attached hydrogen (secondary N) is 2. The number of hydrogen-bond acceptors (Lipinski definition) is 2. The molecule has 3 heterocycles. The van der Waals surface area contributed by atoms with Crippen LogP contribution in [0, 0.1) is 0 Å². The third-order valence-corrected chi connectivity index (χ3v) is 4.85. The van der Waals surface area contributed by atoms with Crippen molar-refractivity contribution < 1.29 is 0 Å². The number of aromatic amines is 1. The van der Waals surface area contributed by atoms with Crippen molar-refractivity contribution >= 4 is 21.8 Å². The van der Waals surface area contributed by atoms with Crippen molar-refractivity contribution in [3.05, 3.63) is 77.6 Å². The quantitative estimate of drug-likeness (QED) is 0.559. The van der Waals surface area contributed by atoms with E-state index >= 15 is 0 Å². The maximum Gasteiger partial charge on any atom is 0.0739 e. The predicted octanol–water partition coefficient (Wildman–Crippen LogP) is 3.95. The first-order valence-electron chi connectivity index (χ1n) is 8.08. The van der Waals surface area contributed by atoms with Crippen molar-refractivity contribution in [2.24, 2.45) is 0 Å². The van der Waals surface area contributed by atoms with Crippen LogP contribution in [0.4, 0.5) is 0 Å². The smallest absolute Gasteiger partial charge is 0.0739 e. The molecular weight excluding hydrogens is 282 g/mol. The molecule has 112 valence electrons. The Hall–Kier alpha value is -2.65. The number of rotatable bonds is 1. The van der Waals surface area contributed by atoms with E-state index in [0.717, 1.165) is 18.5 Å². The Morgan fingerprint density at radius 2 is 1.74 bits per heavy atom. The highest BCUT2D eigenvalue weighted by Crippen LogP contribution is 2.35. The van der Waals surface area contributed by atoms with E-state index in [1.165, 1.54) is 33.1 Å². The maximum atomic E-state index is 4.50. The average molecular weight is 299 g/mol. The van der Waals surface area contributed by atoms with Gasteiger partial charge in [-0.1, -0.05) is 36.4 Å². The van der Waals surface area contributed by atoms with Crippen LogP contribution in [-0.2, 0) is 6.42 Å². The number of para-hydroxylation sites is 2. The van der Waals surface area contributed by atoms with Gasteiger partial charge in [0.25, 0.3) is 0 Å². The Labute approximate surface area is 134 Å². The van der Waals surface area contributed by atoms with Crippen molar-refractivity contribution in [1.29, 1.82) is 0 Å². The molecule has 0 spiro atoms. The minimum absolute atomic E-state index is 0.194. The van der Waals surface area contributed by atoms with Gasteiger partial charge >= 0.3 is 0 Å². The first-order valence-corrected chi connectivity index (χ1v) is 8.08. The van der Waals surface area contributed by atoms with E-state index in [1.54, 1.807) is 0 Å². The molecule has 4 aromatic rings. The topological polar surface area (TPSA) is 40.7 Å². The Balaban J connectivity index is 1.76. The Morgan fingerprint density at radius 1 is 0.913 bits per heavy atom. The minimum Gasteiger partial charge on any atom is -0.357 e. The summed E-state index contributed by atoms with van der Waals surface area (Å²) in [5, 5.41) is 6.26. The summed E-state index contributed by atoms with van der Waals surface area (Å²) in [6, 6.07) is 19.3. The van der Waals surface area contributed by atoms with E-state index in [0.29, 0.717) is 0 Å². The van der Waals surface area contributed by atoms with Crippen LogP contribution in [0.1, 0.15) is 22.9 Å². The Kier molecular flexibility index (Phi) is 2.76. The lowest BCUT2D eigenvalue weighted by Crippen LogP contribution is -2.30. The van der Waals surface area contributed by atoms with Gasteiger partial charge in [-0.25, -0.2) is 0 Å². The zero-order chi connectivity index (χ0) is 15.2. The molecule has 1 aliphatic rings. The standard InChI is InChI=1S/C20H17N3/c1-3-7-17-13(5-1)15(9-11-21-17)19-20-16(10-12-22-19)14-6-2-4-8-18(14)23-20/h1-9,11,19,22-23H,10,12H2. The van der Waals surface area contributed by atoms with Crippen molar-refractivity contribution in [3.8, 4) is 0 Å². The van der Waals surface area contributed by atoms with Crippen LogP contribution in [0.2, 0.25) is 0 Å². The normalized spacial score (nSPS) is 17.5. The van der Waals surface area contributed by atoms with Gasteiger partial charge in [0.05, 0.1) is 11.6 Å². The zero-order valence-corrected chi connectivity index (χ0v) is 12.7. The second kappa shape index (κ2) is 4.93. The molecule has 2 aromatic carbocycles.